The fraction of sp³-hybridized carbons (Fsp3) is 0.367. The van der Waals surface area contributed by atoms with Gasteiger partial charge in [-0.1, -0.05) is 25.1 Å². The summed E-state index contributed by atoms with van der Waals surface area (Å²) in [4.78, 5) is 13.4. The molecule has 3 atom stereocenters. The largest absolute Gasteiger partial charge is 0.493 e. The predicted octanol–water partition coefficient (Wildman–Crippen LogP) is 4.96. The van der Waals surface area contributed by atoms with Crippen molar-refractivity contribution >= 4 is 5.97 Å². The van der Waals surface area contributed by atoms with E-state index in [2.05, 4.69) is 0 Å². The van der Waals surface area contributed by atoms with Crippen LogP contribution in [0.2, 0.25) is 0 Å². The lowest BCUT2D eigenvalue weighted by Crippen LogP contribution is -2.43. The number of benzene rings is 3. The summed E-state index contributed by atoms with van der Waals surface area (Å²) in [6.45, 7) is 3.63. The summed E-state index contributed by atoms with van der Waals surface area (Å²) in [5.41, 5.74) is 1.34. The van der Waals surface area contributed by atoms with Crippen LogP contribution in [0.25, 0.3) is 11.1 Å². The molecule has 0 saturated heterocycles. The predicted molar refractivity (Wildman–Crippen MR) is 142 cm³/mol. The number of aliphatic hydroxyl groups is 1. The Hall–Kier alpha value is -4.11. The van der Waals surface area contributed by atoms with Crippen LogP contribution in [0.5, 0.6) is 34.5 Å². The van der Waals surface area contributed by atoms with E-state index in [-0.39, 0.29) is 12.7 Å². The third-order valence-electron chi connectivity index (χ3n) is 7.59. The van der Waals surface area contributed by atoms with E-state index in [0.717, 1.165) is 5.56 Å². The number of carbonyl (C=O) groups is 1. The molecule has 1 aliphatic carbocycles. The van der Waals surface area contributed by atoms with Gasteiger partial charge in [0.15, 0.2) is 29.1 Å². The molecule has 0 radical (unpaired) electrons. The molecule has 0 aromatic heterocycles. The minimum atomic E-state index is -1.51. The number of esters is 1. The van der Waals surface area contributed by atoms with Crippen molar-refractivity contribution in [3.63, 3.8) is 0 Å². The Balaban J connectivity index is 1.87. The van der Waals surface area contributed by atoms with E-state index in [9.17, 15) is 9.90 Å². The first-order valence-corrected chi connectivity index (χ1v) is 12.6. The normalized spacial score (nSPS) is 21.1. The summed E-state index contributed by atoms with van der Waals surface area (Å²) in [5.74, 6) is 1.51. The third kappa shape index (κ3) is 4.27. The Morgan fingerprint density at radius 2 is 1.62 bits per heavy atom. The van der Waals surface area contributed by atoms with Crippen LogP contribution >= 0.6 is 0 Å². The van der Waals surface area contributed by atoms with Gasteiger partial charge in [0.2, 0.25) is 18.3 Å². The first-order chi connectivity index (χ1) is 18.8. The van der Waals surface area contributed by atoms with Gasteiger partial charge in [-0.15, -0.1) is 0 Å². The van der Waals surface area contributed by atoms with Crippen LogP contribution in [0.3, 0.4) is 0 Å². The van der Waals surface area contributed by atoms with Gasteiger partial charge in [0.1, 0.15) is 5.60 Å². The summed E-state index contributed by atoms with van der Waals surface area (Å²) < 4.78 is 40.9. The van der Waals surface area contributed by atoms with Crippen molar-refractivity contribution in [2.45, 2.75) is 32.0 Å². The summed E-state index contributed by atoms with van der Waals surface area (Å²) in [5, 5.41) is 12.1. The first kappa shape index (κ1) is 26.5. The monoisotopic (exact) mass is 536 g/mol. The molecule has 2 aliphatic rings. The SMILES string of the molecule is COc1cc2c(c(OC)c1OC)-c1c(cc3c(c1OC)OCO3)C[C@@H](C)[C@@](C)(O)[C@H]2OC(=O)c1ccccc1. The van der Waals surface area contributed by atoms with Gasteiger partial charge in [0.25, 0.3) is 0 Å². The smallest absolute Gasteiger partial charge is 0.338 e. The Labute approximate surface area is 227 Å². The van der Waals surface area contributed by atoms with Crippen molar-refractivity contribution in [1.29, 1.82) is 0 Å². The molecule has 9 heteroatoms. The molecule has 0 saturated carbocycles. The minimum absolute atomic E-state index is 0.0507. The highest BCUT2D eigenvalue weighted by molar-refractivity contribution is 5.91. The number of methoxy groups -OCH3 is 4. The molecule has 9 nitrogen and oxygen atoms in total. The Bertz CT molecular complexity index is 1400. The zero-order chi connectivity index (χ0) is 27.9. The van der Waals surface area contributed by atoms with E-state index in [4.69, 9.17) is 33.2 Å². The van der Waals surface area contributed by atoms with Gasteiger partial charge in [-0.25, -0.2) is 4.79 Å². The molecule has 0 unspecified atom stereocenters. The van der Waals surface area contributed by atoms with E-state index < -0.39 is 17.7 Å². The number of hydrogen-bond acceptors (Lipinski definition) is 9. The van der Waals surface area contributed by atoms with Crippen LogP contribution in [-0.2, 0) is 11.2 Å². The van der Waals surface area contributed by atoms with Crippen molar-refractivity contribution < 1.29 is 43.1 Å². The molecule has 39 heavy (non-hydrogen) atoms. The summed E-state index contributed by atoms with van der Waals surface area (Å²) in [6.07, 6.45) is -0.710. The van der Waals surface area contributed by atoms with E-state index in [1.807, 2.05) is 19.1 Å². The highest BCUT2D eigenvalue weighted by Crippen LogP contribution is 2.59. The average Bonchev–Trinajstić information content (AvgIpc) is 3.42. The van der Waals surface area contributed by atoms with Crippen molar-refractivity contribution in [3.8, 4) is 45.6 Å². The van der Waals surface area contributed by atoms with Gasteiger partial charge in [-0.2, -0.15) is 0 Å². The van der Waals surface area contributed by atoms with Crippen LogP contribution in [0.1, 0.15) is 41.4 Å². The first-order valence-electron chi connectivity index (χ1n) is 12.6. The molecule has 1 N–H and O–H groups in total. The number of hydrogen-bond donors (Lipinski definition) is 1. The molecule has 0 amide bonds. The summed E-state index contributed by atoms with van der Waals surface area (Å²) in [6, 6.07) is 12.3. The maximum Gasteiger partial charge on any atom is 0.338 e. The Morgan fingerprint density at radius 3 is 2.26 bits per heavy atom. The number of rotatable bonds is 6. The van der Waals surface area contributed by atoms with Crippen LogP contribution < -0.4 is 28.4 Å². The lowest BCUT2D eigenvalue weighted by Gasteiger charge is -2.41. The van der Waals surface area contributed by atoms with Crippen LogP contribution in [0, 0.1) is 5.92 Å². The zero-order valence-electron chi connectivity index (χ0n) is 22.8. The molecular formula is C30H32O9. The van der Waals surface area contributed by atoms with Gasteiger partial charge >= 0.3 is 5.97 Å². The lowest BCUT2D eigenvalue weighted by molar-refractivity contribution is -0.107. The second-order valence-corrected chi connectivity index (χ2v) is 9.77. The zero-order valence-corrected chi connectivity index (χ0v) is 22.8. The van der Waals surface area contributed by atoms with Gasteiger partial charge < -0.3 is 38.3 Å². The molecule has 0 fully saturated rings. The summed E-state index contributed by atoms with van der Waals surface area (Å²) >= 11 is 0. The molecule has 0 bridgehead atoms. The molecule has 3 aromatic rings. The van der Waals surface area contributed by atoms with Crippen LogP contribution in [0.15, 0.2) is 42.5 Å². The quantitative estimate of drug-likeness (QED) is 0.438. The maximum absolute atomic E-state index is 13.4. The lowest BCUT2D eigenvalue weighted by atomic mass is 9.73. The Kier molecular flexibility index (Phi) is 6.94. The maximum atomic E-state index is 13.4. The van der Waals surface area contributed by atoms with E-state index in [1.54, 1.807) is 44.4 Å². The topological polar surface area (TPSA) is 102 Å². The highest BCUT2D eigenvalue weighted by atomic mass is 16.7. The average molecular weight is 537 g/mol. The fourth-order valence-electron chi connectivity index (χ4n) is 5.37. The standard InChI is InChI=1S/C30H32O9/c1-16-12-18-13-21-25(38-15-37-21)26(35-5)22(18)23-19(14-20(33-3)24(34-4)27(23)36-6)28(30(16,2)32)39-29(31)17-10-8-7-9-11-17/h7-11,13-14,16,28,32H,12,15H2,1-6H3/t16-,28+,30-/m1/s1. The third-order valence-corrected chi connectivity index (χ3v) is 7.59. The van der Waals surface area contributed by atoms with E-state index in [0.29, 0.717) is 63.2 Å². The highest BCUT2D eigenvalue weighted by Gasteiger charge is 2.47. The second kappa shape index (κ2) is 10.2. The van der Waals surface area contributed by atoms with Crippen molar-refractivity contribution in [2.24, 2.45) is 5.92 Å². The van der Waals surface area contributed by atoms with Crippen molar-refractivity contribution in [2.75, 3.05) is 35.2 Å². The minimum Gasteiger partial charge on any atom is -0.493 e. The van der Waals surface area contributed by atoms with E-state index >= 15 is 0 Å². The van der Waals surface area contributed by atoms with Gasteiger partial charge in [0.05, 0.1) is 34.0 Å². The second-order valence-electron chi connectivity index (χ2n) is 9.77. The molecule has 1 heterocycles. The summed E-state index contributed by atoms with van der Waals surface area (Å²) in [7, 11) is 6.08. The van der Waals surface area contributed by atoms with Crippen molar-refractivity contribution in [1.82, 2.24) is 0 Å². The van der Waals surface area contributed by atoms with Gasteiger partial charge in [0, 0.05) is 16.7 Å². The van der Waals surface area contributed by atoms with Crippen LogP contribution in [-0.4, -0.2) is 51.9 Å². The van der Waals surface area contributed by atoms with Crippen molar-refractivity contribution in [3.05, 3.63) is 59.2 Å². The number of carbonyl (C=O) groups excluding carboxylic acids is 1. The van der Waals surface area contributed by atoms with Crippen LogP contribution in [0.4, 0.5) is 0 Å². The molecule has 3 aromatic carbocycles. The molecule has 1 aliphatic heterocycles. The molecule has 0 spiro atoms. The van der Waals surface area contributed by atoms with Gasteiger partial charge in [-0.05, 0) is 49.1 Å². The Morgan fingerprint density at radius 1 is 0.923 bits per heavy atom. The van der Waals surface area contributed by atoms with E-state index in [1.165, 1.54) is 21.3 Å². The fourth-order valence-corrected chi connectivity index (χ4v) is 5.37. The molecular weight excluding hydrogens is 504 g/mol. The number of ether oxygens (including phenoxy) is 7. The molecule has 206 valence electrons. The number of fused-ring (bicyclic) bond motifs is 4. The van der Waals surface area contributed by atoms with Gasteiger partial charge in [-0.3, -0.25) is 0 Å². The molecule has 5 rings (SSSR count).